The van der Waals surface area contributed by atoms with E-state index in [9.17, 15) is 4.79 Å². The first kappa shape index (κ1) is 13.6. The third kappa shape index (κ3) is 3.20. The number of nitrogens with zero attached hydrogens (tertiary/aromatic N) is 2. The predicted molar refractivity (Wildman–Crippen MR) is 81.8 cm³/mol. The lowest BCUT2D eigenvalue weighted by atomic mass is 10.2. The van der Waals surface area contributed by atoms with Gasteiger partial charge in [-0.15, -0.1) is 11.3 Å². The molecule has 1 aliphatic heterocycles. The van der Waals surface area contributed by atoms with E-state index in [1.807, 2.05) is 17.9 Å². The van der Waals surface area contributed by atoms with E-state index in [4.69, 9.17) is 0 Å². The van der Waals surface area contributed by atoms with Crippen molar-refractivity contribution in [3.63, 3.8) is 0 Å². The Kier molecular flexibility index (Phi) is 3.96. The number of halogens is 1. The highest BCUT2D eigenvalue weighted by atomic mass is 79.9. The number of carbonyl (C=O) groups is 1. The minimum Gasteiger partial charge on any atom is -0.335 e. The van der Waals surface area contributed by atoms with Crippen LogP contribution in [0.5, 0.6) is 0 Å². The van der Waals surface area contributed by atoms with Gasteiger partial charge < -0.3 is 4.90 Å². The van der Waals surface area contributed by atoms with Crippen molar-refractivity contribution in [2.24, 2.45) is 5.92 Å². The second-order valence-corrected chi connectivity index (χ2v) is 7.97. The molecule has 3 rings (SSSR count). The topological polar surface area (TPSA) is 23.6 Å². The number of hydrogen-bond acceptors (Lipinski definition) is 3. The monoisotopic (exact) mass is 342 g/mol. The maximum atomic E-state index is 12.4. The molecule has 0 bridgehead atoms. The Morgan fingerprint density at radius 2 is 2.05 bits per heavy atom. The number of hydrogen-bond donors (Lipinski definition) is 0. The third-order valence-electron chi connectivity index (χ3n) is 3.94. The molecular formula is C14H19BrN2OS. The third-order valence-corrected chi connectivity index (χ3v) is 6.07. The Morgan fingerprint density at radius 3 is 2.58 bits per heavy atom. The maximum Gasteiger partial charge on any atom is 0.264 e. The Hall–Kier alpha value is -0.390. The second-order valence-electron chi connectivity index (χ2n) is 5.60. The highest BCUT2D eigenvalue weighted by Gasteiger charge is 2.28. The molecule has 0 unspecified atom stereocenters. The highest BCUT2D eigenvalue weighted by Crippen LogP contribution is 2.30. The van der Waals surface area contributed by atoms with Crippen LogP contribution in [0.3, 0.4) is 0 Å². The molecule has 1 aromatic rings. The number of aryl methyl sites for hydroxylation is 1. The van der Waals surface area contributed by atoms with E-state index < -0.39 is 0 Å². The number of amides is 1. The van der Waals surface area contributed by atoms with Crippen molar-refractivity contribution in [2.75, 3.05) is 32.7 Å². The molecule has 2 fully saturated rings. The zero-order valence-corrected chi connectivity index (χ0v) is 13.6. The molecule has 104 valence electrons. The quantitative estimate of drug-likeness (QED) is 0.842. The lowest BCUT2D eigenvalue weighted by molar-refractivity contribution is 0.0636. The van der Waals surface area contributed by atoms with Crippen LogP contribution < -0.4 is 0 Å². The summed E-state index contributed by atoms with van der Waals surface area (Å²) in [6.45, 7) is 7.10. The summed E-state index contributed by atoms with van der Waals surface area (Å²) >= 11 is 5.04. The first-order chi connectivity index (χ1) is 9.13. The minimum absolute atomic E-state index is 0.199. The first-order valence-electron chi connectivity index (χ1n) is 6.91. The van der Waals surface area contributed by atoms with Crippen LogP contribution in [-0.2, 0) is 0 Å². The van der Waals surface area contributed by atoms with Crippen LogP contribution in [0.2, 0.25) is 0 Å². The van der Waals surface area contributed by atoms with Crippen molar-refractivity contribution < 1.29 is 4.79 Å². The van der Waals surface area contributed by atoms with E-state index in [-0.39, 0.29) is 5.91 Å². The normalized spacial score (nSPS) is 20.8. The maximum absolute atomic E-state index is 12.4. The van der Waals surface area contributed by atoms with Gasteiger partial charge >= 0.3 is 0 Å². The molecule has 2 aliphatic rings. The van der Waals surface area contributed by atoms with Gasteiger partial charge in [-0.1, -0.05) is 0 Å². The van der Waals surface area contributed by atoms with Crippen LogP contribution >= 0.6 is 27.3 Å². The number of rotatable bonds is 3. The molecule has 0 atom stereocenters. The number of carbonyl (C=O) groups excluding carboxylic acids is 1. The Labute approximate surface area is 126 Å². The van der Waals surface area contributed by atoms with E-state index in [0.717, 1.165) is 46.3 Å². The molecule has 1 aromatic heterocycles. The van der Waals surface area contributed by atoms with Crippen LogP contribution in [0.25, 0.3) is 0 Å². The van der Waals surface area contributed by atoms with Crippen LogP contribution in [0.4, 0.5) is 0 Å². The van der Waals surface area contributed by atoms with E-state index >= 15 is 0 Å². The first-order valence-corrected chi connectivity index (χ1v) is 8.52. The van der Waals surface area contributed by atoms with Gasteiger partial charge in [-0.05, 0) is 53.2 Å². The van der Waals surface area contributed by atoms with Gasteiger partial charge in [0.1, 0.15) is 0 Å². The lowest BCUT2D eigenvalue weighted by Gasteiger charge is -2.34. The van der Waals surface area contributed by atoms with Crippen molar-refractivity contribution in [1.82, 2.24) is 9.80 Å². The molecule has 1 aliphatic carbocycles. The Balaban J connectivity index is 1.56. The lowest BCUT2D eigenvalue weighted by Crippen LogP contribution is -2.49. The minimum atomic E-state index is 0.199. The molecule has 2 heterocycles. The van der Waals surface area contributed by atoms with Crippen molar-refractivity contribution >= 4 is 33.2 Å². The summed E-state index contributed by atoms with van der Waals surface area (Å²) in [5, 5.41) is 0. The fraction of sp³-hybridized carbons (Fsp3) is 0.643. The van der Waals surface area contributed by atoms with Crippen LogP contribution in [0, 0.1) is 12.8 Å². The van der Waals surface area contributed by atoms with E-state index in [1.165, 1.54) is 19.4 Å². The molecule has 0 radical (unpaired) electrons. The molecule has 5 heteroatoms. The van der Waals surface area contributed by atoms with Gasteiger partial charge in [0, 0.05) is 32.7 Å². The zero-order valence-electron chi connectivity index (χ0n) is 11.2. The number of piperazine rings is 1. The van der Waals surface area contributed by atoms with Gasteiger partial charge in [-0.3, -0.25) is 9.69 Å². The smallest absolute Gasteiger partial charge is 0.264 e. The molecule has 1 amide bonds. The molecule has 0 spiro atoms. The Bertz CT molecular complexity index is 456. The summed E-state index contributed by atoms with van der Waals surface area (Å²) in [6.07, 6.45) is 2.81. The fourth-order valence-corrected chi connectivity index (χ4v) is 4.02. The SMILES string of the molecule is Cc1cc(C(=O)N2CCN(CC3CC3)CC2)sc1Br. The standard InChI is InChI=1S/C14H19BrN2OS/c1-10-8-12(19-13(10)15)14(18)17-6-4-16(5-7-17)9-11-2-3-11/h8,11H,2-7,9H2,1H3. The van der Waals surface area contributed by atoms with Gasteiger partial charge in [0.2, 0.25) is 0 Å². The summed E-state index contributed by atoms with van der Waals surface area (Å²) in [7, 11) is 0. The molecular weight excluding hydrogens is 324 g/mol. The average Bonchev–Trinajstić information content (AvgIpc) is 3.15. The molecule has 3 nitrogen and oxygen atoms in total. The van der Waals surface area contributed by atoms with Gasteiger partial charge in [0.15, 0.2) is 0 Å². The molecule has 0 aromatic carbocycles. The van der Waals surface area contributed by atoms with Crippen molar-refractivity contribution in [3.05, 3.63) is 20.3 Å². The summed E-state index contributed by atoms with van der Waals surface area (Å²) in [4.78, 5) is 17.8. The van der Waals surface area contributed by atoms with Crippen molar-refractivity contribution in [3.8, 4) is 0 Å². The summed E-state index contributed by atoms with van der Waals surface area (Å²) in [5.41, 5.74) is 1.15. The molecule has 0 N–H and O–H groups in total. The van der Waals surface area contributed by atoms with E-state index in [2.05, 4.69) is 20.8 Å². The van der Waals surface area contributed by atoms with Gasteiger partial charge in [0.25, 0.3) is 5.91 Å². The predicted octanol–water partition coefficient (Wildman–Crippen LogP) is 2.99. The van der Waals surface area contributed by atoms with Gasteiger partial charge in [-0.25, -0.2) is 0 Å². The largest absolute Gasteiger partial charge is 0.335 e. The summed E-state index contributed by atoms with van der Waals surface area (Å²) in [6, 6.07) is 1.99. The highest BCUT2D eigenvalue weighted by molar-refractivity contribution is 9.11. The van der Waals surface area contributed by atoms with Crippen LogP contribution in [0.1, 0.15) is 28.1 Å². The molecule has 1 saturated heterocycles. The van der Waals surface area contributed by atoms with E-state index in [1.54, 1.807) is 11.3 Å². The summed E-state index contributed by atoms with van der Waals surface area (Å²) in [5.74, 6) is 1.14. The fourth-order valence-electron chi connectivity index (χ4n) is 2.52. The summed E-state index contributed by atoms with van der Waals surface area (Å²) < 4.78 is 1.07. The van der Waals surface area contributed by atoms with Crippen molar-refractivity contribution in [2.45, 2.75) is 19.8 Å². The van der Waals surface area contributed by atoms with E-state index in [0.29, 0.717) is 0 Å². The van der Waals surface area contributed by atoms with Crippen molar-refractivity contribution in [1.29, 1.82) is 0 Å². The zero-order chi connectivity index (χ0) is 13.4. The second kappa shape index (κ2) is 5.54. The van der Waals surface area contributed by atoms with Crippen LogP contribution in [0.15, 0.2) is 9.85 Å². The average molecular weight is 343 g/mol. The Morgan fingerprint density at radius 1 is 1.37 bits per heavy atom. The number of thiophene rings is 1. The molecule has 1 saturated carbocycles. The van der Waals surface area contributed by atoms with Crippen LogP contribution in [-0.4, -0.2) is 48.4 Å². The molecule has 19 heavy (non-hydrogen) atoms. The van der Waals surface area contributed by atoms with Gasteiger partial charge in [-0.2, -0.15) is 0 Å². The van der Waals surface area contributed by atoms with Gasteiger partial charge in [0.05, 0.1) is 8.66 Å².